The number of hydrogen-bond donors (Lipinski definition) is 2. The summed E-state index contributed by atoms with van der Waals surface area (Å²) in [5.41, 5.74) is 5.98. The number of carbonyl (C=O) groups is 2. The van der Waals surface area contributed by atoms with Crippen LogP contribution in [0.2, 0.25) is 0 Å². The van der Waals surface area contributed by atoms with Crippen LogP contribution in [0.1, 0.15) is 17.4 Å². The summed E-state index contributed by atoms with van der Waals surface area (Å²) in [6.45, 7) is 1.52. The van der Waals surface area contributed by atoms with Crippen molar-refractivity contribution in [2.75, 3.05) is 0 Å². The van der Waals surface area contributed by atoms with Gasteiger partial charge in [0.25, 0.3) is 5.91 Å². The Hall–Kier alpha value is -2.50. The monoisotopic (exact) mass is 244 g/mol. The first-order valence-corrected chi connectivity index (χ1v) is 5.39. The zero-order chi connectivity index (χ0) is 13.1. The van der Waals surface area contributed by atoms with Gasteiger partial charge in [-0.1, -0.05) is 0 Å². The standard InChI is InChI=1S/C12H12N4O2/c1-7(11(13)17)15-12(18)10-3-2-8-6-14-5-4-9(8)16-10/h2-7H,1H3,(H2,13,17)(H,15,18)/t7-/m1/s1. The first kappa shape index (κ1) is 12.0. The second kappa shape index (κ2) is 4.79. The number of pyridine rings is 2. The smallest absolute Gasteiger partial charge is 0.270 e. The van der Waals surface area contributed by atoms with Crippen molar-refractivity contribution in [3.63, 3.8) is 0 Å². The van der Waals surface area contributed by atoms with Crippen LogP contribution in [0.15, 0.2) is 30.6 Å². The molecule has 18 heavy (non-hydrogen) atoms. The Morgan fingerprint density at radius 2 is 2.11 bits per heavy atom. The highest BCUT2D eigenvalue weighted by Gasteiger charge is 2.14. The summed E-state index contributed by atoms with van der Waals surface area (Å²) < 4.78 is 0. The highest BCUT2D eigenvalue weighted by atomic mass is 16.2. The molecule has 0 fully saturated rings. The van der Waals surface area contributed by atoms with E-state index in [4.69, 9.17) is 5.73 Å². The van der Waals surface area contributed by atoms with Crippen LogP contribution >= 0.6 is 0 Å². The number of hydrogen-bond acceptors (Lipinski definition) is 4. The quantitative estimate of drug-likeness (QED) is 0.807. The molecule has 1 atom stereocenters. The van der Waals surface area contributed by atoms with Gasteiger partial charge in [-0.3, -0.25) is 14.6 Å². The lowest BCUT2D eigenvalue weighted by molar-refractivity contribution is -0.119. The zero-order valence-corrected chi connectivity index (χ0v) is 9.75. The third-order valence-electron chi connectivity index (χ3n) is 2.50. The van der Waals surface area contributed by atoms with Gasteiger partial charge in [-0.2, -0.15) is 0 Å². The Morgan fingerprint density at radius 3 is 2.83 bits per heavy atom. The topological polar surface area (TPSA) is 98.0 Å². The van der Waals surface area contributed by atoms with Gasteiger partial charge in [0.15, 0.2) is 0 Å². The van der Waals surface area contributed by atoms with Crippen molar-refractivity contribution >= 4 is 22.7 Å². The molecule has 6 heteroatoms. The molecule has 2 heterocycles. The third kappa shape index (κ3) is 2.42. The summed E-state index contributed by atoms with van der Waals surface area (Å²) >= 11 is 0. The van der Waals surface area contributed by atoms with Crippen molar-refractivity contribution in [3.05, 3.63) is 36.3 Å². The second-order valence-electron chi connectivity index (χ2n) is 3.86. The molecule has 0 aliphatic carbocycles. The van der Waals surface area contributed by atoms with Gasteiger partial charge in [0.05, 0.1) is 5.52 Å². The normalized spacial score (nSPS) is 12.1. The molecule has 0 radical (unpaired) electrons. The molecular weight excluding hydrogens is 232 g/mol. The largest absolute Gasteiger partial charge is 0.368 e. The van der Waals surface area contributed by atoms with E-state index in [1.165, 1.54) is 6.92 Å². The predicted molar refractivity (Wildman–Crippen MR) is 65.7 cm³/mol. The Kier molecular flexibility index (Phi) is 3.18. The van der Waals surface area contributed by atoms with Gasteiger partial charge in [0.2, 0.25) is 5.91 Å². The molecule has 6 nitrogen and oxygen atoms in total. The second-order valence-corrected chi connectivity index (χ2v) is 3.86. The van der Waals surface area contributed by atoms with E-state index in [1.54, 1.807) is 30.6 Å². The van der Waals surface area contributed by atoms with Crippen LogP contribution in [0.25, 0.3) is 10.9 Å². The molecule has 2 amide bonds. The van der Waals surface area contributed by atoms with Crippen LogP contribution in [0.4, 0.5) is 0 Å². The van der Waals surface area contributed by atoms with Gasteiger partial charge < -0.3 is 11.1 Å². The summed E-state index contributed by atoms with van der Waals surface area (Å²) in [4.78, 5) is 30.8. The number of primary amides is 1. The molecule has 0 saturated carbocycles. The number of fused-ring (bicyclic) bond motifs is 1. The SMILES string of the molecule is C[C@@H](NC(=O)c1ccc2cnccc2n1)C(N)=O. The van der Waals surface area contributed by atoms with Crippen LogP contribution in [0.3, 0.4) is 0 Å². The van der Waals surface area contributed by atoms with E-state index >= 15 is 0 Å². The summed E-state index contributed by atoms with van der Waals surface area (Å²) in [6, 6.07) is 4.31. The van der Waals surface area contributed by atoms with Gasteiger partial charge in [-0.15, -0.1) is 0 Å². The summed E-state index contributed by atoms with van der Waals surface area (Å²) in [7, 11) is 0. The fraction of sp³-hybridized carbons (Fsp3) is 0.167. The van der Waals surface area contributed by atoms with Crippen LogP contribution in [-0.2, 0) is 4.79 Å². The maximum absolute atomic E-state index is 11.8. The molecule has 0 spiro atoms. The number of nitrogens with two attached hydrogens (primary N) is 1. The lowest BCUT2D eigenvalue weighted by Gasteiger charge is -2.09. The van der Waals surface area contributed by atoms with E-state index in [9.17, 15) is 9.59 Å². The van der Waals surface area contributed by atoms with E-state index in [0.29, 0.717) is 5.52 Å². The third-order valence-corrected chi connectivity index (χ3v) is 2.50. The van der Waals surface area contributed by atoms with Crippen molar-refractivity contribution in [3.8, 4) is 0 Å². The number of aromatic nitrogens is 2. The van der Waals surface area contributed by atoms with E-state index in [2.05, 4.69) is 15.3 Å². The minimum Gasteiger partial charge on any atom is -0.368 e. The van der Waals surface area contributed by atoms with Crippen LogP contribution in [0, 0.1) is 0 Å². The van der Waals surface area contributed by atoms with Gasteiger partial charge in [0, 0.05) is 17.8 Å². The summed E-state index contributed by atoms with van der Waals surface area (Å²) in [6.07, 6.45) is 3.26. The average molecular weight is 244 g/mol. The maximum Gasteiger partial charge on any atom is 0.270 e. The van der Waals surface area contributed by atoms with Crippen molar-refractivity contribution in [2.24, 2.45) is 5.73 Å². The first-order chi connectivity index (χ1) is 8.58. The zero-order valence-electron chi connectivity index (χ0n) is 9.75. The van der Waals surface area contributed by atoms with Crippen molar-refractivity contribution in [2.45, 2.75) is 13.0 Å². The molecule has 2 rings (SSSR count). The molecule has 0 bridgehead atoms. The molecule has 2 aromatic rings. The average Bonchev–Trinajstić information content (AvgIpc) is 2.37. The predicted octanol–water partition coefficient (Wildman–Crippen LogP) is 0.233. The molecule has 0 saturated heterocycles. The lowest BCUT2D eigenvalue weighted by atomic mass is 10.2. The summed E-state index contributed by atoms with van der Waals surface area (Å²) in [5, 5.41) is 3.31. The Morgan fingerprint density at radius 1 is 1.33 bits per heavy atom. The lowest BCUT2D eigenvalue weighted by Crippen LogP contribution is -2.42. The van der Waals surface area contributed by atoms with E-state index in [-0.39, 0.29) is 5.69 Å². The van der Waals surface area contributed by atoms with Crippen molar-refractivity contribution in [1.29, 1.82) is 0 Å². The minimum atomic E-state index is -0.729. The molecule has 0 aliphatic heterocycles. The Labute approximate surface area is 103 Å². The molecular formula is C12H12N4O2. The van der Waals surface area contributed by atoms with Crippen molar-refractivity contribution < 1.29 is 9.59 Å². The summed E-state index contributed by atoms with van der Waals surface area (Å²) in [5.74, 6) is -1.02. The van der Waals surface area contributed by atoms with E-state index < -0.39 is 17.9 Å². The van der Waals surface area contributed by atoms with Gasteiger partial charge >= 0.3 is 0 Å². The van der Waals surface area contributed by atoms with Crippen LogP contribution < -0.4 is 11.1 Å². The van der Waals surface area contributed by atoms with Gasteiger partial charge in [-0.05, 0) is 25.1 Å². The number of nitrogens with one attached hydrogen (secondary N) is 1. The van der Waals surface area contributed by atoms with Crippen LogP contribution in [-0.4, -0.2) is 27.8 Å². The maximum atomic E-state index is 11.8. The molecule has 0 unspecified atom stereocenters. The molecule has 0 aliphatic rings. The number of carbonyl (C=O) groups excluding carboxylic acids is 2. The van der Waals surface area contributed by atoms with E-state index in [0.717, 1.165) is 5.39 Å². The van der Waals surface area contributed by atoms with E-state index in [1.807, 2.05) is 0 Å². The van der Waals surface area contributed by atoms with Crippen molar-refractivity contribution in [1.82, 2.24) is 15.3 Å². The molecule has 92 valence electrons. The van der Waals surface area contributed by atoms with Gasteiger partial charge in [-0.25, -0.2) is 4.98 Å². The number of amides is 2. The highest BCUT2D eigenvalue weighted by molar-refractivity contribution is 5.97. The highest BCUT2D eigenvalue weighted by Crippen LogP contribution is 2.10. The van der Waals surface area contributed by atoms with Crippen LogP contribution in [0.5, 0.6) is 0 Å². The Bertz CT molecular complexity index is 612. The fourth-order valence-electron chi connectivity index (χ4n) is 1.43. The molecule has 2 aromatic heterocycles. The Balaban J connectivity index is 2.25. The molecule has 3 N–H and O–H groups in total. The van der Waals surface area contributed by atoms with Gasteiger partial charge in [0.1, 0.15) is 11.7 Å². The first-order valence-electron chi connectivity index (χ1n) is 5.39. The number of rotatable bonds is 3. The molecule has 0 aromatic carbocycles. The minimum absolute atomic E-state index is 0.238. The number of nitrogens with zero attached hydrogens (tertiary/aromatic N) is 2. The fourth-order valence-corrected chi connectivity index (χ4v) is 1.43.